The van der Waals surface area contributed by atoms with E-state index in [1.165, 1.54) is 11.3 Å². The van der Waals surface area contributed by atoms with E-state index >= 15 is 0 Å². The average molecular weight is 294 g/mol. The Balaban J connectivity index is 2.09. The zero-order valence-corrected chi connectivity index (χ0v) is 11.9. The zero-order chi connectivity index (χ0) is 13.8. The number of hydroxylamine groups is 2. The summed E-state index contributed by atoms with van der Waals surface area (Å²) in [4.78, 5) is 12.8. The Morgan fingerprint density at radius 2 is 2.21 bits per heavy atom. The van der Waals surface area contributed by atoms with Gasteiger partial charge in [-0.3, -0.25) is 5.21 Å². The van der Waals surface area contributed by atoms with E-state index in [9.17, 15) is 10.0 Å². The first-order valence-corrected chi connectivity index (χ1v) is 7.41. The third kappa shape index (κ3) is 3.44. The summed E-state index contributed by atoms with van der Waals surface area (Å²) in [5.41, 5.74) is 6.19. The van der Waals surface area contributed by atoms with Crippen molar-refractivity contribution in [3.05, 3.63) is 44.3 Å². The molecule has 4 nitrogen and oxygen atoms in total. The number of primary amides is 1. The Morgan fingerprint density at radius 1 is 1.42 bits per heavy atom. The quantitative estimate of drug-likeness (QED) is 0.665. The third-order valence-electron chi connectivity index (χ3n) is 2.64. The molecule has 0 saturated heterocycles. The molecule has 3 N–H and O–H groups in total. The summed E-state index contributed by atoms with van der Waals surface area (Å²) in [6.45, 7) is 1.73. The van der Waals surface area contributed by atoms with Gasteiger partial charge in [-0.1, -0.05) is 6.08 Å². The summed E-state index contributed by atoms with van der Waals surface area (Å²) in [6, 6.07) is 4.59. The average Bonchev–Trinajstić information content (AvgIpc) is 3.05. The predicted molar refractivity (Wildman–Crippen MR) is 79.2 cm³/mol. The zero-order valence-electron chi connectivity index (χ0n) is 10.3. The smallest absolute Gasteiger partial charge is 0.339 e. The maximum absolute atomic E-state index is 10.9. The molecule has 1 unspecified atom stereocenters. The molecule has 2 aromatic heterocycles. The van der Waals surface area contributed by atoms with E-state index in [0.717, 1.165) is 15.3 Å². The number of rotatable bonds is 4. The fourth-order valence-corrected chi connectivity index (χ4v) is 3.12. The molecule has 0 aliphatic heterocycles. The number of nitrogens with two attached hydrogens (primary N) is 1. The molecular formula is C13H14N2O2S2. The number of hydrogen-bond acceptors (Lipinski definition) is 4. The molecule has 0 radical (unpaired) electrons. The van der Waals surface area contributed by atoms with E-state index in [2.05, 4.69) is 5.38 Å². The molecule has 0 aliphatic rings. The van der Waals surface area contributed by atoms with Crippen LogP contribution in [0.15, 0.2) is 29.0 Å². The lowest BCUT2D eigenvalue weighted by Gasteiger charge is -2.18. The summed E-state index contributed by atoms with van der Waals surface area (Å²) >= 11 is 3.17. The molecule has 2 heterocycles. The van der Waals surface area contributed by atoms with Gasteiger partial charge < -0.3 is 5.73 Å². The lowest BCUT2D eigenvalue weighted by Crippen LogP contribution is -2.34. The molecule has 0 bridgehead atoms. The van der Waals surface area contributed by atoms with Crippen LogP contribution in [0.5, 0.6) is 0 Å². The van der Waals surface area contributed by atoms with Crippen LogP contribution in [-0.2, 0) is 0 Å². The van der Waals surface area contributed by atoms with Crippen LogP contribution < -0.4 is 5.73 Å². The number of carbonyl (C=O) groups is 1. The molecule has 1 atom stereocenters. The highest BCUT2D eigenvalue weighted by molar-refractivity contribution is 7.13. The molecule has 100 valence electrons. The minimum atomic E-state index is -0.851. The molecule has 0 fully saturated rings. The van der Waals surface area contributed by atoms with Crippen LogP contribution in [0, 0.1) is 0 Å². The van der Waals surface area contributed by atoms with E-state index in [0.29, 0.717) is 5.06 Å². The number of thiophene rings is 2. The van der Waals surface area contributed by atoms with Crippen LogP contribution in [0.2, 0.25) is 0 Å². The van der Waals surface area contributed by atoms with E-state index in [1.807, 2.05) is 35.7 Å². The maximum atomic E-state index is 10.9. The highest BCUT2D eigenvalue weighted by atomic mass is 32.1. The third-order valence-corrected chi connectivity index (χ3v) is 4.56. The second-order valence-corrected chi connectivity index (χ2v) is 5.92. The van der Waals surface area contributed by atoms with E-state index in [4.69, 9.17) is 5.73 Å². The van der Waals surface area contributed by atoms with Crippen molar-refractivity contribution in [2.45, 2.75) is 13.0 Å². The predicted octanol–water partition coefficient (Wildman–Crippen LogP) is 3.81. The van der Waals surface area contributed by atoms with Gasteiger partial charge in [0.25, 0.3) is 0 Å². The Kier molecular flexibility index (Phi) is 4.36. The maximum Gasteiger partial charge on any atom is 0.339 e. The van der Waals surface area contributed by atoms with Crippen LogP contribution >= 0.6 is 22.7 Å². The summed E-state index contributed by atoms with van der Waals surface area (Å²) in [7, 11) is 0. The molecule has 0 aromatic carbocycles. The monoisotopic (exact) mass is 294 g/mol. The van der Waals surface area contributed by atoms with Crippen molar-refractivity contribution in [3.63, 3.8) is 0 Å². The Hall–Kier alpha value is -1.63. The highest BCUT2D eigenvalue weighted by Crippen LogP contribution is 2.27. The molecular weight excluding hydrogens is 280 g/mol. The van der Waals surface area contributed by atoms with Gasteiger partial charge in [0, 0.05) is 9.75 Å². The number of carbonyl (C=O) groups excluding carboxylic acids is 1. The van der Waals surface area contributed by atoms with E-state index < -0.39 is 12.1 Å². The van der Waals surface area contributed by atoms with Gasteiger partial charge in [0.1, 0.15) is 0 Å². The number of amides is 2. The molecule has 6 heteroatoms. The van der Waals surface area contributed by atoms with Crippen molar-refractivity contribution < 1.29 is 10.0 Å². The second kappa shape index (κ2) is 6.01. The Labute approximate surface area is 119 Å². The summed E-state index contributed by atoms with van der Waals surface area (Å²) < 4.78 is 0. The minimum absolute atomic E-state index is 0.439. The van der Waals surface area contributed by atoms with Crippen molar-refractivity contribution >= 4 is 40.9 Å². The number of urea groups is 1. The standard InChI is InChI=1S/C13H14N2O2S2/c1-9(15(17)13(14)16)12-5-4-11(19-12)3-2-10-6-7-18-8-10/h2-9,17H,1H3,(H2,14,16). The summed E-state index contributed by atoms with van der Waals surface area (Å²) in [5.74, 6) is 0. The van der Waals surface area contributed by atoms with E-state index in [-0.39, 0.29) is 0 Å². The molecule has 0 spiro atoms. The van der Waals surface area contributed by atoms with Gasteiger partial charge in [-0.2, -0.15) is 16.4 Å². The Bertz CT molecular complexity index is 575. The van der Waals surface area contributed by atoms with Crippen LogP contribution in [0.3, 0.4) is 0 Å². The van der Waals surface area contributed by atoms with Crippen LogP contribution in [0.25, 0.3) is 12.2 Å². The molecule has 0 aliphatic carbocycles. The topological polar surface area (TPSA) is 66.6 Å². The minimum Gasteiger partial charge on any atom is -0.350 e. The molecule has 19 heavy (non-hydrogen) atoms. The van der Waals surface area contributed by atoms with Gasteiger partial charge in [0.15, 0.2) is 0 Å². The lowest BCUT2D eigenvalue weighted by atomic mass is 10.2. The van der Waals surface area contributed by atoms with Crippen molar-refractivity contribution in [1.82, 2.24) is 5.06 Å². The largest absolute Gasteiger partial charge is 0.350 e. The van der Waals surface area contributed by atoms with Gasteiger partial charge in [0.05, 0.1) is 6.04 Å². The molecule has 2 aromatic rings. The SMILES string of the molecule is CC(c1ccc(C=Cc2ccsc2)s1)N(O)C(N)=O. The lowest BCUT2D eigenvalue weighted by molar-refractivity contribution is -0.0700. The second-order valence-electron chi connectivity index (χ2n) is 3.99. The fraction of sp³-hybridized carbons (Fsp3) is 0.154. The van der Waals surface area contributed by atoms with Gasteiger partial charge in [-0.05, 0) is 47.5 Å². The molecule has 2 amide bonds. The van der Waals surface area contributed by atoms with Crippen molar-refractivity contribution in [2.24, 2.45) is 5.73 Å². The first kappa shape index (κ1) is 13.8. The van der Waals surface area contributed by atoms with Gasteiger partial charge >= 0.3 is 6.03 Å². The van der Waals surface area contributed by atoms with Crippen LogP contribution in [0.1, 0.15) is 28.3 Å². The van der Waals surface area contributed by atoms with Crippen molar-refractivity contribution in [3.8, 4) is 0 Å². The van der Waals surface area contributed by atoms with Crippen LogP contribution in [-0.4, -0.2) is 16.3 Å². The number of hydrogen-bond donors (Lipinski definition) is 2. The van der Waals surface area contributed by atoms with E-state index in [1.54, 1.807) is 18.3 Å². The Morgan fingerprint density at radius 3 is 2.84 bits per heavy atom. The van der Waals surface area contributed by atoms with Crippen LogP contribution in [0.4, 0.5) is 4.79 Å². The summed E-state index contributed by atoms with van der Waals surface area (Å²) in [5, 5.41) is 14.1. The number of nitrogens with zero attached hydrogens (tertiary/aromatic N) is 1. The first-order valence-electron chi connectivity index (χ1n) is 5.65. The van der Waals surface area contributed by atoms with Gasteiger partial charge in [-0.15, -0.1) is 11.3 Å². The molecule has 0 saturated carbocycles. The van der Waals surface area contributed by atoms with Gasteiger partial charge in [-0.25, -0.2) is 4.79 Å². The summed E-state index contributed by atoms with van der Waals surface area (Å²) in [6.07, 6.45) is 4.04. The molecule has 2 rings (SSSR count). The highest BCUT2D eigenvalue weighted by Gasteiger charge is 2.18. The first-order chi connectivity index (χ1) is 9.08. The fourth-order valence-electron chi connectivity index (χ4n) is 1.54. The van der Waals surface area contributed by atoms with Crippen molar-refractivity contribution in [2.75, 3.05) is 0 Å². The van der Waals surface area contributed by atoms with Gasteiger partial charge in [0.2, 0.25) is 0 Å². The normalized spacial score (nSPS) is 12.7. The van der Waals surface area contributed by atoms with Crippen molar-refractivity contribution in [1.29, 1.82) is 0 Å².